The molecule has 4 heteroatoms. The van der Waals surface area contributed by atoms with E-state index in [2.05, 4.69) is 4.98 Å². The first kappa shape index (κ1) is 12.4. The molecular formula is C14H16N2O2. The standard InChI is InChI=1S/C14H16N2O2/c1-10(15)14-8-7-13(9-16-14)18-12-5-3-11(17-2)4-6-12/h3-10H,15H2,1-2H3. The van der Waals surface area contributed by atoms with E-state index in [1.165, 1.54) is 0 Å². The van der Waals surface area contributed by atoms with E-state index in [-0.39, 0.29) is 6.04 Å². The Labute approximate surface area is 106 Å². The fourth-order valence-electron chi connectivity index (χ4n) is 1.50. The second-order valence-electron chi connectivity index (χ2n) is 3.99. The summed E-state index contributed by atoms with van der Waals surface area (Å²) in [5, 5.41) is 0. The first-order valence-electron chi connectivity index (χ1n) is 5.72. The van der Waals surface area contributed by atoms with E-state index in [1.54, 1.807) is 13.3 Å². The van der Waals surface area contributed by atoms with Gasteiger partial charge in [0.1, 0.15) is 17.2 Å². The zero-order valence-corrected chi connectivity index (χ0v) is 10.5. The summed E-state index contributed by atoms with van der Waals surface area (Å²) in [5.41, 5.74) is 6.58. The van der Waals surface area contributed by atoms with Gasteiger partial charge in [-0.3, -0.25) is 4.98 Å². The highest BCUT2D eigenvalue weighted by molar-refractivity contribution is 5.34. The van der Waals surface area contributed by atoms with Gasteiger partial charge in [0.05, 0.1) is 19.0 Å². The van der Waals surface area contributed by atoms with Crippen molar-refractivity contribution in [1.29, 1.82) is 0 Å². The molecule has 2 aromatic rings. The number of benzene rings is 1. The molecule has 1 atom stereocenters. The largest absolute Gasteiger partial charge is 0.497 e. The molecule has 0 aliphatic heterocycles. The number of nitrogens with zero attached hydrogens (tertiary/aromatic N) is 1. The Kier molecular flexibility index (Phi) is 3.79. The molecule has 0 saturated carbocycles. The van der Waals surface area contributed by atoms with Crippen LogP contribution in [0.5, 0.6) is 17.2 Å². The number of hydrogen-bond acceptors (Lipinski definition) is 4. The van der Waals surface area contributed by atoms with E-state index in [4.69, 9.17) is 15.2 Å². The smallest absolute Gasteiger partial charge is 0.145 e. The molecule has 0 aliphatic rings. The van der Waals surface area contributed by atoms with Gasteiger partial charge >= 0.3 is 0 Å². The van der Waals surface area contributed by atoms with Crippen molar-refractivity contribution in [3.05, 3.63) is 48.3 Å². The summed E-state index contributed by atoms with van der Waals surface area (Å²) in [5.74, 6) is 2.23. The molecule has 94 valence electrons. The molecule has 4 nitrogen and oxygen atoms in total. The number of ether oxygens (including phenoxy) is 2. The fraction of sp³-hybridized carbons (Fsp3) is 0.214. The number of pyridine rings is 1. The van der Waals surface area contributed by atoms with Crippen molar-refractivity contribution in [2.45, 2.75) is 13.0 Å². The molecule has 0 spiro atoms. The van der Waals surface area contributed by atoms with Crippen LogP contribution in [-0.2, 0) is 0 Å². The van der Waals surface area contributed by atoms with Crippen LogP contribution in [0.15, 0.2) is 42.6 Å². The number of methoxy groups -OCH3 is 1. The Bertz CT molecular complexity index is 492. The first-order chi connectivity index (χ1) is 8.69. The maximum Gasteiger partial charge on any atom is 0.145 e. The molecule has 0 amide bonds. The van der Waals surface area contributed by atoms with E-state index in [0.29, 0.717) is 5.75 Å². The summed E-state index contributed by atoms with van der Waals surface area (Å²) >= 11 is 0. The molecule has 1 heterocycles. The zero-order chi connectivity index (χ0) is 13.0. The van der Waals surface area contributed by atoms with Crippen molar-refractivity contribution in [2.75, 3.05) is 7.11 Å². The second-order valence-corrected chi connectivity index (χ2v) is 3.99. The lowest BCUT2D eigenvalue weighted by Crippen LogP contribution is -2.06. The van der Waals surface area contributed by atoms with E-state index in [0.717, 1.165) is 17.2 Å². The molecule has 0 aliphatic carbocycles. The van der Waals surface area contributed by atoms with E-state index < -0.39 is 0 Å². The minimum absolute atomic E-state index is 0.0694. The van der Waals surface area contributed by atoms with Gasteiger partial charge in [-0.05, 0) is 43.3 Å². The van der Waals surface area contributed by atoms with Crippen LogP contribution in [0.4, 0.5) is 0 Å². The van der Waals surface area contributed by atoms with Crippen LogP contribution in [0.2, 0.25) is 0 Å². The van der Waals surface area contributed by atoms with Crippen LogP contribution in [0.1, 0.15) is 18.7 Å². The third-order valence-electron chi connectivity index (χ3n) is 2.52. The Hall–Kier alpha value is -2.07. The van der Waals surface area contributed by atoms with E-state index in [1.807, 2.05) is 43.3 Å². The van der Waals surface area contributed by atoms with Crippen molar-refractivity contribution >= 4 is 0 Å². The van der Waals surface area contributed by atoms with Gasteiger partial charge in [0.25, 0.3) is 0 Å². The van der Waals surface area contributed by atoms with Crippen molar-refractivity contribution in [3.63, 3.8) is 0 Å². The van der Waals surface area contributed by atoms with Crippen LogP contribution in [-0.4, -0.2) is 12.1 Å². The summed E-state index contributed by atoms with van der Waals surface area (Å²) in [6, 6.07) is 11.0. The molecule has 1 unspecified atom stereocenters. The number of hydrogen-bond donors (Lipinski definition) is 1. The molecule has 0 radical (unpaired) electrons. The van der Waals surface area contributed by atoms with E-state index in [9.17, 15) is 0 Å². The molecule has 0 fully saturated rings. The number of rotatable bonds is 4. The van der Waals surface area contributed by atoms with Gasteiger partial charge in [-0.15, -0.1) is 0 Å². The summed E-state index contributed by atoms with van der Waals surface area (Å²) in [6.07, 6.45) is 1.67. The fourth-order valence-corrected chi connectivity index (χ4v) is 1.50. The molecule has 1 aromatic carbocycles. The molecule has 0 saturated heterocycles. The van der Waals surface area contributed by atoms with Crippen molar-refractivity contribution < 1.29 is 9.47 Å². The van der Waals surface area contributed by atoms with Crippen LogP contribution < -0.4 is 15.2 Å². The lowest BCUT2D eigenvalue weighted by atomic mass is 10.2. The Morgan fingerprint density at radius 3 is 2.11 bits per heavy atom. The summed E-state index contributed by atoms with van der Waals surface area (Å²) in [4.78, 5) is 4.23. The summed E-state index contributed by atoms with van der Waals surface area (Å²) in [6.45, 7) is 1.90. The molecule has 2 N–H and O–H groups in total. The van der Waals surface area contributed by atoms with Crippen LogP contribution in [0.25, 0.3) is 0 Å². The van der Waals surface area contributed by atoms with E-state index >= 15 is 0 Å². The first-order valence-corrected chi connectivity index (χ1v) is 5.72. The van der Waals surface area contributed by atoms with Crippen LogP contribution in [0.3, 0.4) is 0 Å². The highest BCUT2D eigenvalue weighted by Gasteiger charge is 2.02. The van der Waals surface area contributed by atoms with Crippen molar-refractivity contribution in [3.8, 4) is 17.2 Å². The average molecular weight is 244 g/mol. The molecule has 18 heavy (non-hydrogen) atoms. The minimum Gasteiger partial charge on any atom is -0.497 e. The molecule has 1 aromatic heterocycles. The topological polar surface area (TPSA) is 57.4 Å². The normalized spacial score (nSPS) is 11.9. The zero-order valence-electron chi connectivity index (χ0n) is 10.5. The van der Waals surface area contributed by atoms with Gasteiger partial charge in [-0.1, -0.05) is 0 Å². The minimum atomic E-state index is -0.0694. The summed E-state index contributed by atoms with van der Waals surface area (Å²) < 4.78 is 10.7. The second kappa shape index (κ2) is 5.51. The third-order valence-corrected chi connectivity index (χ3v) is 2.52. The Balaban J connectivity index is 2.08. The van der Waals surface area contributed by atoms with Gasteiger partial charge in [0.15, 0.2) is 0 Å². The van der Waals surface area contributed by atoms with Crippen LogP contribution in [0, 0.1) is 0 Å². The monoisotopic (exact) mass is 244 g/mol. The maximum absolute atomic E-state index is 5.73. The predicted molar refractivity (Wildman–Crippen MR) is 69.9 cm³/mol. The van der Waals surface area contributed by atoms with Gasteiger partial charge in [-0.25, -0.2) is 0 Å². The van der Waals surface area contributed by atoms with Gasteiger partial charge in [0.2, 0.25) is 0 Å². The maximum atomic E-state index is 5.73. The van der Waals surface area contributed by atoms with Crippen molar-refractivity contribution in [1.82, 2.24) is 4.98 Å². The third kappa shape index (κ3) is 2.99. The molecule has 0 bridgehead atoms. The highest BCUT2D eigenvalue weighted by atomic mass is 16.5. The average Bonchev–Trinajstić information content (AvgIpc) is 2.40. The lowest BCUT2D eigenvalue weighted by molar-refractivity contribution is 0.412. The predicted octanol–water partition coefficient (Wildman–Crippen LogP) is 2.90. The van der Waals surface area contributed by atoms with Gasteiger partial charge in [0, 0.05) is 6.04 Å². The molecule has 2 rings (SSSR count). The Morgan fingerprint density at radius 2 is 1.61 bits per heavy atom. The van der Waals surface area contributed by atoms with Gasteiger partial charge < -0.3 is 15.2 Å². The number of aromatic nitrogens is 1. The quantitative estimate of drug-likeness (QED) is 0.898. The summed E-state index contributed by atoms with van der Waals surface area (Å²) in [7, 11) is 1.63. The number of nitrogens with two attached hydrogens (primary N) is 1. The highest BCUT2D eigenvalue weighted by Crippen LogP contribution is 2.23. The SMILES string of the molecule is COc1ccc(Oc2ccc(C(C)N)nc2)cc1. The lowest BCUT2D eigenvalue weighted by Gasteiger charge is -2.08. The van der Waals surface area contributed by atoms with Crippen molar-refractivity contribution in [2.24, 2.45) is 5.73 Å². The Morgan fingerprint density at radius 1 is 1.00 bits per heavy atom. The molecular weight excluding hydrogens is 228 g/mol. The van der Waals surface area contributed by atoms with Gasteiger partial charge in [-0.2, -0.15) is 0 Å². The van der Waals surface area contributed by atoms with Crippen LogP contribution >= 0.6 is 0 Å².